The van der Waals surface area contributed by atoms with Crippen LogP contribution >= 0.6 is 0 Å². The average Bonchev–Trinajstić information content (AvgIpc) is 2.49. The number of hydrogen-bond donors (Lipinski definition) is 0. The molecule has 0 aliphatic rings. The standard InChI is InChI=1S/C16H15B.C2H6/c1-3-12(2)13-4-6-14(7-5-13)15-8-10-16(17)11-9-15;1-2/h3-11H,1-2H3;1-2H3/b12-3+;. The van der Waals surface area contributed by atoms with Crippen LogP contribution in [-0.4, -0.2) is 7.85 Å². The Morgan fingerprint density at radius 3 is 1.68 bits per heavy atom. The van der Waals surface area contributed by atoms with Gasteiger partial charge in [0.2, 0.25) is 0 Å². The first-order chi connectivity index (χ1) is 9.20. The highest BCUT2D eigenvalue weighted by atomic mass is 14.0. The zero-order valence-electron chi connectivity index (χ0n) is 12.3. The second-order valence-electron chi connectivity index (χ2n) is 4.17. The lowest BCUT2D eigenvalue weighted by Crippen LogP contribution is -1.99. The maximum absolute atomic E-state index is 5.68. The molecular weight excluding hydrogens is 227 g/mol. The molecule has 1 heteroatoms. The molecule has 0 spiro atoms. The van der Waals surface area contributed by atoms with Gasteiger partial charge in [-0.2, -0.15) is 0 Å². The minimum Gasteiger partial charge on any atom is -0.0966 e. The molecule has 96 valence electrons. The minimum absolute atomic E-state index is 0.801. The van der Waals surface area contributed by atoms with E-state index in [1.807, 2.05) is 38.1 Å². The second-order valence-corrected chi connectivity index (χ2v) is 4.17. The summed E-state index contributed by atoms with van der Waals surface area (Å²) in [5.41, 5.74) is 5.79. The Labute approximate surface area is 118 Å². The van der Waals surface area contributed by atoms with Gasteiger partial charge in [0.15, 0.2) is 0 Å². The van der Waals surface area contributed by atoms with E-state index in [1.165, 1.54) is 22.3 Å². The van der Waals surface area contributed by atoms with Crippen LogP contribution in [0.15, 0.2) is 54.6 Å². The maximum Gasteiger partial charge on any atom is 0.113 e. The number of hydrogen-bond acceptors (Lipinski definition) is 0. The molecule has 0 bridgehead atoms. The quantitative estimate of drug-likeness (QED) is 0.681. The van der Waals surface area contributed by atoms with Crippen molar-refractivity contribution in [1.29, 1.82) is 0 Å². The molecule has 0 heterocycles. The summed E-state index contributed by atoms with van der Waals surface area (Å²) < 4.78 is 0. The molecule has 0 aliphatic carbocycles. The fraction of sp³-hybridized carbons (Fsp3) is 0.222. The zero-order valence-corrected chi connectivity index (χ0v) is 12.3. The smallest absolute Gasteiger partial charge is 0.0966 e. The molecule has 19 heavy (non-hydrogen) atoms. The van der Waals surface area contributed by atoms with E-state index in [2.05, 4.69) is 44.2 Å². The molecule has 0 nitrogen and oxygen atoms in total. The summed E-state index contributed by atoms with van der Waals surface area (Å²) in [6.07, 6.45) is 2.12. The monoisotopic (exact) mass is 248 g/mol. The molecular formula is C18H21B. The van der Waals surface area contributed by atoms with E-state index in [1.54, 1.807) is 0 Å². The van der Waals surface area contributed by atoms with Gasteiger partial charge in [-0.15, -0.1) is 0 Å². The van der Waals surface area contributed by atoms with Gasteiger partial charge in [-0.3, -0.25) is 0 Å². The third-order valence-corrected chi connectivity index (χ3v) is 3.02. The summed E-state index contributed by atoms with van der Waals surface area (Å²) in [6, 6.07) is 16.6. The van der Waals surface area contributed by atoms with Gasteiger partial charge in [0.1, 0.15) is 7.85 Å². The summed E-state index contributed by atoms with van der Waals surface area (Å²) in [7, 11) is 5.68. The van der Waals surface area contributed by atoms with E-state index in [-0.39, 0.29) is 0 Å². The largest absolute Gasteiger partial charge is 0.113 e. The van der Waals surface area contributed by atoms with Crippen molar-refractivity contribution in [2.45, 2.75) is 27.7 Å². The number of benzene rings is 2. The van der Waals surface area contributed by atoms with E-state index in [0.717, 1.165) is 5.46 Å². The Morgan fingerprint density at radius 1 is 0.842 bits per heavy atom. The van der Waals surface area contributed by atoms with Crippen molar-refractivity contribution < 1.29 is 0 Å². The van der Waals surface area contributed by atoms with Crippen LogP contribution in [0.2, 0.25) is 0 Å². The molecule has 2 aromatic carbocycles. The lowest BCUT2D eigenvalue weighted by atomic mass is 9.93. The SMILES string of the molecule is CC.[B]c1ccc(-c2ccc(/C(C)=C/C)cc2)cc1. The molecule has 0 saturated carbocycles. The van der Waals surface area contributed by atoms with Gasteiger partial charge in [-0.25, -0.2) is 0 Å². The van der Waals surface area contributed by atoms with Crippen molar-refractivity contribution in [3.05, 3.63) is 60.2 Å². The third kappa shape index (κ3) is 4.13. The normalized spacial score (nSPS) is 10.6. The maximum atomic E-state index is 5.68. The fourth-order valence-corrected chi connectivity index (χ4v) is 1.77. The fourth-order valence-electron chi connectivity index (χ4n) is 1.77. The Kier molecular flexibility index (Phi) is 6.15. The van der Waals surface area contributed by atoms with Crippen LogP contribution in [0.25, 0.3) is 16.7 Å². The predicted molar refractivity (Wildman–Crippen MR) is 87.9 cm³/mol. The van der Waals surface area contributed by atoms with E-state index in [0.29, 0.717) is 0 Å². The van der Waals surface area contributed by atoms with Gasteiger partial charge in [0, 0.05) is 0 Å². The lowest BCUT2D eigenvalue weighted by molar-refractivity contribution is 1.50. The van der Waals surface area contributed by atoms with E-state index in [9.17, 15) is 0 Å². The molecule has 2 radical (unpaired) electrons. The lowest BCUT2D eigenvalue weighted by Gasteiger charge is -2.05. The van der Waals surface area contributed by atoms with Gasteiger partial charge in [-0.1, -0.05) is 73.9 Å². The minimum atomic E-state index is 0.801. The Hall–Kier alpha value is -1.76. The van der Waals surface area contributed by atoms with Crippen LogP contribution < -0.4 is 5.46 Å². The van der Waals surface area contributed by atoms with E-state index in [4.69, 9.17) is 7.85 Å². The predicted octanol–water partition coefficient (Wildman–Crippen LogP) is 4.60. The summed E-state index contributed by atoms with van der Waals surface area (Å²) in [5, 5.41) is 0. The molecule has 0 amide bonds. The molecule has 0 unspecified atom stereocenters. The average molecular weight is 248 g/mol. The van der Waals surface area contributed by atoms with Crippen molar-refractivity contribution in [3.8, 4) is 11.1 Å². The molecule has 2 aromatic rings. The molecule has 0 fully saturated rings. The van der Waals surface area contributed by atoms with E-state index < -0.39 is 0 Å². The molecule has 0 N–H and O–H groups in total. The van der Waals surface area contributed by atoms with Crippen molar-refractivity contribution in [1.82, 2.24) is 0 Å². The topological polar surface area (TPSA) is 0 Å². The van der Waals surface area contributed by atoms with Crippen molar-refractivity contribution in [2.75, 3.05) is 0 Å². The first-order valence-corrected chi connectivity index (χ1v) is 6.80. The van der Waals surface area contributed by atoms with Crippen LogP contribution in [0.5, 0.6) is 0 Å². The Morgan fingerprint density at radius 2 is 1.26 bits per heavy atom. The van der Waals surface area contributed by atoms with Crippen molar-refractivity contribution in [2.24, 2.45) is 0 Å². The highest BCUT2D eigenvalue weighted by Gasteiger charge is 1.98. The van der Waals surface area contributed by atoms with Gasteiger partial charge in [0.25, 0.3) is 0 Å². The summed E-state index contributed by atoms with van der Waals surface area (Å²) >= 11 is 0. The second kappa shape index (κ2) is 7.63. The Bertz CT molecular complexity index is 519. The molecule has 0 aliphatic heterocycles. The number of rotatable bonds is 2. The molecule has 0 saturated heterocycles. The van der Waals surface area contributed by atoms with Crippen molar-refractivity contribution in [3.63, 3.8) is 0 Å². The molecule has 0 aromatic heterocycles. The first kappa shape index (κ1) is 15.3. The zero-order chi connectivity index (χ0) is 14.3. The van der Waals surface area contributed by atoms with Gasteiger partial charge in [-0.05, 0) is 36.1 Å². The van der Waals surface area contributed by atoms with Gasteiger partial charge >= 0.3 is 0 Å². The number of allylic oxidation sites excluding steroid dienone is 2. The summed E-state index contributed by atoms with van der Waals surface area (Å²) in [4.78, 5) is 0. The van der Waals surface area contributed by atoms with Crippen LogP contribution in [0.1, 0.15) is 33.3 Å². The van der Waals surface area contributed by atoms with Crippen LogP contribution in [0.4, 0.5) is 0 Å². The molecule has 0 atom stereocenters. The highest BCUT2D eigenvalue weighted by Crippen LogP contribution is 2.21. The summed E-state index contributed by atoms with van der Waals surface area (Å²) in [6.45, 7) is 8.18. The highest BCUT2D eigenvalue weighted by molar-refractivity contribution is 6.32. The Balaban J connectivity index is 0.000000861. The first-order valence-electron chi connectivity index (χ1n) is 6.80. The van der Waals surface area contributed by atoms with Crippen LogP contribution in [-0.2, 0) is 0 Å². The van der Waals surface area contributed by atoms with Crippen LogP contribution in [0, 0.1) is 0 Å². The van der Waals surface area contributed by atoms with Gasteiger partial charge < -0.3 is 0 Å². The van der Waals surface area contributed by atoms with Gasteiger partial charge in [0.05, 0.1) is 0 Å². The third-order valence-electron chi connectivity index (χ3n) is 3.02. The van der Waals surface area contributed by atoms with E-state index >= 15 is 0 Å². The van der Waals surface area contributed by atoms with Crippen molar-refractivity contribution >= 4 is 18.9 Å². The summed E-state index contributed by atoms with van der Waals surface area (Å²) in [5.74, 6) is 0. The molecule has 2 rings (SSSR count). The van der Waals surface area contributed by atoms with Crippen LogP contribution in [0.3, 0.4) is 0 Å².